The minimum atomic E-state index is 0.471. The Balaban J connectivity index is 1.71. The van der Waals surface area contributed by atoms with E-state index in [0.29, 0.717) is 11.4 Å². The lowest BCUT2D eigenvalue weighted by Gasteiger charge is -1.98. The normalized spacial score (nSPS) is 11.5. The Morgan fingerprint density at radius 3 is 2.67 bits per heavy atom. The molecule has 0 aliphatic carbocycles. The van der Waals surface area contributed by atoms with Crippen LogP contribution >= 0.6 is 0 Å². The molecule has 4 rings (SSSR count). The maximum Gasteiger partial charge on any atom is 0.149 e. The third-order valence-corrected chi connectivity index (χ3v) is 3.70. The van der Waals surface area contributed by atoms with Crippen LogP contribution in [-0.4, -0.2) is 19.7 Å². The SMILES string of the molecule is N#C/C(=C\c1cnn(-c2ccccc2)c1)c1nc2ccccc2[nH]1. The van der Waals surface area contributed by atoms with E-state index in [1.54, 1.807) is 17.0 Å². The molecule has 0 aliphatic heterocycles. The Kier molecular flexibility index (Phi) is 3.41. The van der Waals surface area contributed by atoms with Crippen molar-refractivity contribution in [3.63, 3.8) is 0 Å². The average molecular weight is 311 g/mol. The van der Waals surface area contributed by atoms with Crippen molar-refractivity contribution in [1.82, 2.24) is 19.7 Å². The van der Waals surface area contributed by atoms with Crippen LogP contribution in [0.2, 0.25) is 0 Å². The van der Waals surface area contributed by atoms with E-state index >= 15 is 0 Å². The van der Waals surface area contributed by atoms with E-state index in [4.69, 9.17) is 0 Å². The maximum atomic E-state index is 9.48. The van der Waals surface area contributed by atoms with Crippen LogP contribution in [0, 0.1) is 11.3 Å². The van der Waals surface area contributed by atoms with Gasteiger partial charge in [-0.3, -0.25) is 0 Å². The second kappa shape index (κ2) is 5.86. The van der Waals surface area contributed by atoms with Gasteiger partial charge in [0.15, 0.2) is 0 Å². The second-order valence-electron chi connectivity index (χ2n) is 5.33. The number of benzene rings is 2. The lowest BCUT2D eigenvalue weighted by Crippen LogP contribution is -1.92. The molecule has 0 saturated heterocycles. The first kappa shape index (κ1) is 14.0. The largest absolute Gasteiger partial charge is 0.337 e. The van der Waals surface area contributed by atoms with Crippen molar-refractivity contribution >= 4 is 22.7 Å². The van der Waals surface area contributed by atoms with E-state index in [1.165, 1.54) is 0 Å². The van der Waals surface area contributed by atoms with E-state index in [0.717, 1.165) is 22.3 Å². The van der Waals surface area contributed by atoms with Crippen LogP contribution in [0.5, 0.6) is 0 Å². The van der Waals surface area contributed by atoms with Crippen molar-refractivity contribution in [2.24, 2.45) is 0 Å². The maximum absolute atomic E-state index is 9.48. The molecule has 2 aromatic carbocycles. The molecule has 4 aromatic rings. The van der Waals surface area contributed by atoms with Gasteiger partial charge in [-0.05, 0) is 30.3 Å². The molecule has 1 N–H and O–H groups in total. The molecule has 0 fully saturated rings. The molecule has 114 valence electrons. The number of fused-ring (bicyclic) bond motifs is 1. The van der Waals surface area contributed by atoms with E-state index in [1.807, 2.05) is 60.8 Å². The number of aromatic nitrogens is 4. The van der Waals surface area contributed by atoms with E-state index < -0.39 is 0 Å². The number of hydrogen-bond donors (Lipinski definition) is 1. The van der Waals surface area contributed by atoms with Gasteiger partial charge in [0.1, 0.15) is 11.9 Å². The summed E-state index contributed by atoms with van der Waals surface area (Å²) >= 11 is 0. The molecule has 0 atom stereocenters. The fraction of sp³-hybridized carbons (Fsp3) is 0. The third kappa shape index (κ3) is 2.57. The lowest BCUT2D eigenvalue weighted by molar-refractivity contribution is 0.880. The topological polar surface area (TPSA) is 70.3 Å². The number of imidazole rings is 1. The summed E-state index contributed by atoms with van der Waals surface area (Å²) in [5, 5.41) is 13.8. The van der Waals surface area contributed by atoms with Crippen molar-refractivity contribution < 1.29 is 0 Å². The predicted molar refractivity (Wildman–Crippen MR) is 93.1 cm³/mol. The number of aromatic amines is 1. The van der Waals surface area contributed by atoms with Gasteiger partial charge in [0.05, 0.1) is 28.5 Å². The molecule has 2 heterocycles. The summed E-state index contributed by atoms with van der Waals surface area (Å²) in [5.74, 6) is 0.561. The van der Waals surface area contributed by atoms with E-state index in [-0.39, 0.29) is 0 Å². The highest BCUT2D eigenvalue weighted by atomic mass is 15.3. The molecule has 0 bridgehead atoms. The number of para-hydroxylation sites is 3. The van der Waals surface area contributed by atoms with E-state index in [2.05, 4.69) is 21.1 Å². The molecule has 0 unspecified atom stereocenters. The Hall–Kier alpha value is -3.65. The van der Waals surface area contributed by atoms with Crippen LogP contribution < -0.4 is 0 Å². The molecule has 0 saturated carbocycles. The fourth-order valence-corrected chi connectivity index (χ4v) is 2.53. The zero-order chi connectivity index (χ0) is 16.4. The van der Waals surface area contributed by atoms with Crippen LogP contribution in [-0.2, 0) is 0 Å². The second-order valence-corrected chi connectivity index (χ2v) is 5.33. The number of allylic oxidation sites excluding steroid dienone is 1. The molecule has 2 aromatic heterocycles. The summed E-state index contributed by atoms with van der Waals surface area (Å²) in [6, 6.07) is 19.8. The summed E-state index contributed by atoms with van der Waals surface area (Å²) < 4.78 is 1.78. The van der Waals surface area contributed by atoms with Crippen molar-refractivity contribution in [3.05, 3.63) is 78.4 Å². The number of H-pyrrole nitrogens is 1. The third-order valence-electron chi connectivity index (χ3n) is 3.70. The van der Waals surface area contributed by atoms with Gasteiger partial charge in [-0.2, -0.15) is 10.4 Å². The van der Waals surface area contributed by atoms with Gasteiger partial charge in [0, 0.05) is 11.8 Å². The summed E-state index contributed by atoms with van der Waals surface area (Å²) in [4.78, 5) is 7.65. The molecule has 5 nitrogen and oxygen atoms in total. The zero-order valence-corrected chi connectivity index (χ0v) is 12.7. The van der Waals surface area contributed by atoms with Crippen LogP contribution in [0.25, 0.3) is 28.4 Å². The first-order valence-corrected chi connectivity index (χ1v) is 7.50. The van der Waals surface area contributed by atoms with Gasteiger partial charge >= 0.3 is 0 Å². The number of nitrogens with zero attached hydrogens (tertiary/aromatic N) is 4. The summed E-state index contributed by atoms with van der Waals surface area (Å²) in [6.07, 6.45) is 5.40. The number of rotatable bonds is 3. The Bertz CT molecular complexity index is 1030. The highest BCUT2D eigenvalue weighted by Crippen LogP contribution is 2.19. The smallest absolute Gasteiger partial charge is 0.149 e. The molecule has 0 aliphatic rings. The Labute approximate surface area is 138 Å². The van der Waals surface area contributed by atoms with Gasteiger partial charge in [-0.1, -0.05) is 30.3 Å². The first-order valence-electron chi connectivity index (χ1n) is 7.50. The summed E-state index contributed by atoms with van der Waals surface area (Å²) in [7, 11) is 0. The molecule has 0 radical (unpaired) electrons. The highest BCUT2D eigenvalue weighted by Gasteiger charge is 2.08. The minimum absolute atomic E-state index is 0.471. The summed E-state index contributed by atoms with van der Waals surface area (Å²) in [5.41, 5.74) is 4.04. The van der Waals surface area contributed by atoms with Crippen molar-refractivity contribution in [2.75, 3.05) is 0 Å². The quantitative estimate of drug-likeness (QED) is 0.585. The van der Waals surface area contributed by atoms with Gasteiger partial charge in [0.2, 0.25) is 0 Å². The van der Waals surface area contributed by atoms with Gasteiger partial charge in [0.25, 0.3) is 0 Å². The van der Waals surface area contributed by atoms with Crippen molar-refractivity contribution in [2.45, 2.75) is 0 Å². The lowest BCUT2D eigenvalue weighted by atomic mass is 10.2. The minimum Gasteiger partial charge on any atom is -0.337 e. The van der Waals surface area contributed by atoms with Crippen molar-refractivity contribution in [3.8, 4) is 11.8 Å². The highest BCUT2D eigenvalue weighted by molar-refractivity contribution is 5.90. The van der Waals surface area contributed by atoms with Crippen molar-refractivity contribution in [1.29, 1.82) is 5.26 Å². The van der Waals surface area contributed by atoms with Gasteiger partial charge < -0.3 is 4.98 Å². The van der Waals surface area contributed by atoms with Crippen LogP contribution in [0.15, 0.2) is 67.0 Å². The zero-order valence-electron chi connectivity index (χ0n) is 12.7. The number of nitrogens with one attached hydrogen (secondary N) is 1. The van der Waals surface area contributed by atoms with Crippen LogP contribution in [0.1, 0.15) is 11.4 Å². The molecular weight excluding hydrogens is 298 g/mol. The molecular formula is C19H13N5. The average Bonchev–Trinajstić information content (AvgIpc) is 3.27. The first-order chi connectivity index (χ1) is 11.8. The fourth-order valence-electron chi connectivity index (χ4n) is 2.53. The predicted octanol–water partition coefficient (Wildman–Crippen LogP) is 3.81. The Morgan fingerprint density at radius 2 is 1.88 bits per heavy atom. The molecule has 0 amide bonds. The molecule has 24 heavy (non-hydrogen) atoms. The van der Waals surface area contributed by atoms with Crippen LogP contribution in [0.4, 0.5) is 0 Å². The number of hydrogen-bond acceptors (Lipinski definition) is 3. The van der Waals surface area contributed by atoms with Gasteiger partial charge in [-0.25, -0.2) is 9.67 Å². The molecule has 0 spiro atoms. The van der Waals surface area contributed by atoms with Crippen LogP contribution in [0.3, 0.4) is 0 Å². The standard InChI is InChI=1S/C19H13N5/c20-11-15(19-22-17-8-4-5-9-18(17)23-19)10-14-12-21-24(13-14)16-6-2-1-3-7-16/h1-10,12-13H,(H,22,23)/b15-10+. The molecule has 5 heteroatoms. The Morgan fingerprint density at radius 1 is 1.08 bits per heavy atom. The summed E-state index contributed by atoms with van der Waals surface area (Å²) in [6.45, 7) is 0. The van der Waals surface area contributed by atoms with Gasteiger partial charge in [-0.15, -0.1) is 0 Å². The monoisotopic (exact) mass is 311 g/mol. The number of nitriles is 1. The van der Waals surface area contributed by atoms with E-state index in [9.17, 15) is 5.26 Å².